The fourth-order valence-corrected chi connectivity index (χ4v) is 2.90. The van der Waals surface area contributed by atoms with E-state index in [0.717, 1.165) is 6.07 Å². The molecule has 1 rings (SSSR count). The first-order chi connectivity index (χ1) is 9.65. The topological polar surface area (TPSA) is 63.4 Å². The molecule has 1 aromatic rings. The highest BCUT2D eigenvalue weighted by atomic mass is 32.2. The SMILES string of the molecule is CCN(CC(C)CN)c1ccccc1S(=O)(=O)C(F)(F)F. The fraction of sp³-hybridized carbons (Fsp3) is 0.538. The normalized spacial score (nSPS) is 14.0. The summed E-state index contributed by atoms with van der Waals surface area (Å²) in [7, 11) is -5.38. The van der Waals surface area contributed by atoms with Crippen LogP contribution < -0.4 is 10.6 Å². The Hall–Kier alpha value is -1.28. The molecule has 120 valence electrons. The molecule has 0 aliphatic carbocycles. The summed E-state index contributed by atoms with van der Waals surface area (Å²) in [5.74, 6) is 0.0339. The Morgan fingerprint density at radius 1 is 1.29 bits per heavy atom. The maximum atomic E-state index is 12.8. The summed E-state index contributed by atoms with van der Waals surface area (Å²) in [5, 5.41) is 0. The van der Waals surface area contributed by atoms with E-state index >= 15 is 0 Å². The van der Waals surface area contributed by atoms with E-state index in [1.807, 2.05) is 6.92 Å². The number of para-hydroxylation sites is 1. The van der Waals surface area contributed by atoms with Gasteiger partial charge in [0.1, 0.15) is 0 Å². The predicted molar refractivity (Wildman–Crippen MR) is 75.8 cm³/mol. The zero-order chi connectivity index (χ0) is 16.3. The van der Waals surface area contributed by atoms with E-state index in [1.54, 1.807) is 11.8 Å². The van der Waals surface area contributed by atoms with Gasteiger partial charge in [0, 0.05) is 13.1 Å². The van der Waals surface area contributed by atoms with Gasteiger partial charge in [-0.3, -0.25) is 0 Å². The monoisotopic (exact) mass is 324 g/mol. The molecule has 0 saturated heterocycles. The van der Waals surface area contributed by atoms with Crippen LogP contribution in [0.4, 0.5) is 18.9 Å². The van der Waals surface area contributed by atoms with Crippen molar-refractivity contribution in [2.45, 2.75) is 24.3 Å². The van der Waals surface area contributed by atoms with Crippen LogP contribution in [0.2, 0.25) is 0 Å². The Morgan fingerprint density at radius 3 is 2.33 bits per heavy atom. The molecule has 21 heavy (non-hydrogen) atoms. The number of anilines is 1. The van der Waals surface area contributed by atoms with E-state index in [1.165, 1.54) is 18.2 Å². The van der Waals surface area contributed by atoms with Gasteiger partial charge in [0.05, 0.1) is 10.6 Å². The summed E-state index contributed by atoms with van der Waals surface area (Å²) in [5.41, 5.74) is 0.257. The number of nitrogens with two attached hydrogens (primary N) is 1. The van der Waals surface area contributed by atoms with Crippen molar-refractivity contribution < 1.29 is 21.6 Å². The standard InChI is InChI=1S/C13H19F3N2O2S/c1-3-18(9-10(2)8-17)11-6-4-5-7-12(11)21(19,20)13(14,15)16/h4-7,10H,3,8-9,17H2,1-2H3. The average molecular weight is 324 g/mol. The van der Waals surface area contributed by atoms with E-state index in [4.69, 9.17) is 5.73 Å². The van der Waals surface area contributed by atoms with E-state index in [9.17, 15) is 21.6 Å². The van der Waals surface area contributed by atoms with Crippen LogP contribution in [0.5, 0.6) is 0 Å². The summed E-state index contributed by atoms with van der Waals surface area (Å²) >= 11 is 0. The molecule has 2 N–H and O–H groups in total. The smallest absolute Gasteiger partial charge is 0.370 e. The van der Waals surface area contributed by atoms with Crippen molar-refractivity contribution in [1.82, 2.24) is 0 Å². The van der Waals surface area contributed by atoms with Crippen molar-refractivity contribution in [1.29, 1.82) is 0 Å². The molecule has 0 radical (unpaired) electrons. The van der Waals surface area contributed by atoms with Crippen LogP contribution in [-0.4, -0.2) is 33.6 Å². The third-order valence-corrected chi connectivity index (χ3v) is 4.65. The molecule has 1 unspecified atom stereocenters. The van der Waals surface area contributed by atoms with E-state index in [-0.39, 0.29) is 11.6 Å². The Morgan fingerprint density at radius 2 is 1.86 bits per heavy atom. The lowest BCUT2D eigenvalue weighted by Crippen LogP contribution is -2.33. The second kappa shape index (κ2) is 6.65. The minimum Gasteiger partial charge on any atom is -0.370 e. The molecule has 8 heteroatoms. The first-order valence-corrected chi connectivity index (χ1v) is 7.98. The van der Waals surface area contributed by atoms with Crippen LogP contribution in [0.1, 0.15) is 13.8 Å². The van der Waals surface area contributed by atoms with Crippen LogP contribution in [0.3, 0.4) is 0 Å². The van der Waals surface area contributed by atoms with Crippen molar-refractivity contribution in [3.63, 3.8) is 0 Å². The Bertz CT molecular complexity index is 573. The van der Waals surface area contributed by atoms with E-state index in [0.29, 0.717) is 19.6 Å². The van der Waals surface area contributed by atoms with E-state index in [2.05, 4.69) is 0 Å². The van der Waals surface area contributed by atoms with Crippen LogP contribution >= 0.6 is 0 Å². The fourth-order valence-electron chi connectivity index (χ4n) is 1.92. The molecule has 0 aromatic heterocycles. The highest BCUT2D eigenvalue weighted by Crippen LogP contribution is 2.35. The first kappa shape index (κ1) is 17.8. The summed E-state index contributed by atoms with van der Waals surface area (Å²) in [6.45, 7) is 4.74. The molecule has 0 aliphatic rings. The van der Waals surface area contributed by atoms with Crippen molar-refractivity contribution in [2.75, 3.05) is 24.5 Å². The van der Waals surface area contributed by atoms with Gasteiger partial charge in [-0.05, 0) is 31.5 Å². The van der Waals surface area contributed by atoms with Crippen molar-refractivity contribution in [3.8, 4) is 0 Å². The number of alkyl halides is 3. The molecule has 0 heterocycles. The number of rotatable bonds is 6. The van der Waals surface area contributed by atoms with Gasteiger partial charge >= 0.3 is 5.51 Å². The maximum absolute atomic E-state index is 12.8. The molecular weight excluding hydrogens is 305 g/mol. The van der Waals surface area contributed by atoms with Gasteiger partial charge in [-0.15, -0.1) is 0 Å². The Labute approximate surface area is 122 Å². The summed E-state index contributed by atoms with van der Waals surface area (Å²) in [4.78, 5) is 0.874. The largest absolute Gasteiger partial charge is 0.501 e. The lowest BCUT2D eigenvalue weighted by atomic mass is 10.1. The van der Waals surface area contributed by atoms with Gasteiger partial charge in [-0.25, -0.2) is 8.42 Å². The number of halogens is 3. The summed E-state index contributed by atoms with van der Waals surface area (Å²) in [6.07, 6.45) is 0. The van der Waals surface area contributed by atoms with Gasteiger partial charge in [0.25, 0.3) is 9.84 Å². The quantitative estimate of drug-likeness (QED) is 0.873. The number of hydrogen-bond donors (Lipinski definition) is 1. The van der Waals surface area contributed by atoms with Crippen molar-refractivity contribution >= 4 is 15.5 Å². The third kappa shape index (κ3) is 3.88. The third-order valence-electron chi connectivity index (χ3n) is 3.12. The van der Waals surface area contributed by atoms with Crippen molar-refractivity contribution in [2.24, 2.45) is 11.7 Å². The van der Waals surface area contributed by atoms with Crippen LogP contribution in [0.25, 0.3) is 0 Å². The molecule has 4 nitrogen and oxygen atoms in total. The molecule has 0 amide bonds. The van der Waals surface area contributed by atoms with Gasteiger partial charge in [-0.2, -0.15) is 13.2 Å². The minimum atomic E-state index is -5.38. The number of benzene rings is 1. The second-order valence-corrected chi connectivity index (χ2v) is 6.71. The molecule has 0 fully saturated rings. The van der Waals surface area contributed by atoms with Gasteiger partial charge < -0.3 is 10.6 Å². The molecular formula is C13H19F3N2O2S. The van der Waals surface area contributed by atoms with Gasteiger partial charge in [-0.1, -0.05) is 19.1 Å². The Kier molecular flexibility index (Phi) is 5.63. The zero-order valence-electron chi connectivity index (χ0n) is 11.9. The highest BCUT2D eigenvalue weighted by Gasteiger charge is 2.48. The van der Waals surface area contributed by atoms with Crippen molar-refractivity contribution in [3.05, 3.63) is 24.3 Å². The number of hydrogen-bond acceptors (Lipinski definition) is 4. The molecule has 1 atom stereocenters. The summed E-state index contributed by atoms with van der Waals surface area (Å²) < 4.78 is 61.7. The predicted octanol–water partition coefficient (Wildman–Crippen LogP) is 2.40. The second-order valence-electron chi connectivity index (χ2n) is 4.80. The van der Waals surface area contributed by atoms with Gasteiger partial charge in [0.2, 0.25) is 0 Å². The van der Waals surface area contributed by atoms with Gasteiger partial charge in [0.15, 0.2) is 0 Å². The highest BCUT2D eigenvalue weighted by molar-refractivity contribution is 7.92. The lowest BCUT2D eigenvalue weighted by molar-refractivity contribution is -0.0435. The zero-order valence-corrected chi connectivity index (χ0v) is 12.7. The average Bonchev–Trinajstić information content (AvgIpc) is 2.43. The number of nitrogens with zero attached hydrogens (tertiary/aromatic N) is 1. The van der Waals surface area contributed by atoms with Crippen LogP contribution in [-0.2, 0) is 9.84 Å². The number of sulfone groups is 1. The first-order valence-electron chi connectivity index (χ1n) is 6.50. The lowest BCUT2D eigenvalue weighted by Gasteiger charge is -2.28. The van der Waals surface area contributed by atoms with Crippen LogP contribution in [0.15, 0.2) is 29.2 Å². The van der Waals surface area contributed by atoms with Crippen LogP contribution in [0, 0.1) is 5.92 Å². The Balaban J connectivity index is 3.33. The van der Waals surface area contributed by atoms with E-state index < -0.39 is 20.2 Å². The molecule has 0 saturated carbocycles. The molecule has 0 bridgehead atoms. The molecule has 0 spiro atoms. The summed E-state index contributed by atoms with van der Waals surface area (Å²) in [6, 6.07) is 5.15. The molecule has 0 aliphatic heterocycles. The maximum Gasteiger partial charge on any atom is 0.501 e. The minimum absolute atomic E-state index is 0.0339. The molecule has 1 aromatic carbocycles.